The van der Waals surface area contributed by atoms with Crippen LogP contribution in [-0.2, 0) is 28.6 Å². The molecule has 0 bridgehead atoms. The van der Waals surface area contributed by atoms with E-state index in [1.807, 2.05) is 0 Å². The number of carbonyl (C=O) groups excluding carboxylic acids is 3. The lowest BCUT2D eigenvalue weighted by Crippen LogP contribution is -2.30. The number of unbranched alkanes of at least 4 members (excludes halogenated alkanes) is 52. The van der Waals surface area contributed by atoms with Gasteiger partial charge in [0.1, 0.15) is 13.2 Å². The highest BCUT2D eigenvalue weighted by Gasteiger charge is 2.19. The summed E-state index contributed by atoms with van der Waals surface area (Å²) in [5, 5.41) is 0. The molecular formula is C73H138O6. The lowest BCUT2D eigenvalue weighted by molar-refractivity contribution is -0.167. The molecule has 6 heteroatoms. The molecule has 0 saturated heterocycles. The fraction of sp³-hybridized carbons (Fsp3) is 0.904. The average molecular weight is 1110 g/mol. The second kappa shape index (κ2) is 68.4. The second-order valence-electron chi connectivity index (χ2n) is 24.5. The Morgan fingerprint density at radius 1 is 0.241 bits per heavy atom. The van der Waals surface area contributed by atoms with E-state index in [9.17, 15) is 14.4 Å². The third kappa shape index (κ3) is 66.6. The summed E-state index contributed by atoms with van der Waals surface area (Å²) in [4.78, 5) is 38.2. The van der Waals surface area contributed by atoms with E-state index in [2.05, 4.69) is 45.1 Å². The number of hydrogen-bond acceptors (Lipinski definition) is 6. The Kier molecular flexibility index (Phi) is 66.6. The van der Waals surface area contributed by atoms with Crippen LogP contribution in [0.1, 0.15) is 406 Å². The van der Waals surface area contributed by atoms with Crippen LogP contribution in [0.3, 0.4) is 0 Å². The van der Waals surface area contributed by atoms with Gasteiger partial charge < -0.3 is 14.2 Å². The van der Waals surface area contributed by atoms with Crippen LogP contribution in [0, 0.1) is 0 Å². The van der Waals surface area contributed by atoms with Crippen molar-refractivity contribution in [2.45, 2.75) is 412 Å². The standard InChI is InChI=1S/C73H138O6/c1-4-7-10-13-16-19-22-24-26-27-28-29-30-31-32-33-34-35-36-37-38-39-40-41-42-43-44-45-47-48-51-54-57-60-63-66-72(75)78-69-70(68-77-71(74)65-62-59-56-53-50-21-18-15-12-9-6-3)79-73(76)67-64-61-58-55-52-49-46-25-23-20-17-14-11-8-5-2/h15,18,25,46,70H,4-14,16-17,19-24,26-45,47-69H2,1-3H3/b18-15-,46-25-. The Morgan fingerprint density at radius 3 is 0.671 bits per heavy atom. The van der Waals surface area contributed by atoms with Crippen LogP contribution in [0.15, 0.2) is 24.3 Å². The maximum atomic E-state index is 12.9. The maximum absolute atomic E-state index is 12.9. The minimum absolute atomic E-state index is 0.0726. The molecule has 6 nitrogen and oxygen atoms in total. The molecule has 0 aromatic rings. The van der Waals surface area contributed by atoms with Gasteiger partial charge in [-0.05, 0) is 64.2 Å². The zero-order chi connectivity index (χ0) is 57.1. The fourth-order valence-electron chi connectivity index (χ4n) is 11.0. The molecule has 0 radical (unpaired) electrons. The van der Waals surface area contributed by atoms with Gasteiger partial charge in [-0.3, -0.25) is 14.4 Å². The number of carbonyl (C=O) groups is 3. The number of ether oxygens (including phenoxy) is 3. The summed E-state index contributed by atoms with van der Waals surface area (Å²) in [5.74, 6) is -0.867. The van der Waals surface area contributed by atoms with Crippen LogP contribution in [-0.4, -0.2) is 37.2 Å². The first-order chi connectivity index (χ1) is 39.0. The fourth-order valence-corrected chi connectivity index (χ4v) is 11.0. The van der Waals surface area contributed by atoms with Crippen LogP contribution in [0.25, 0.3) is 0 Å². The molecule has 0 spiro atoms. The van der Waals surface area contributed by atoms with Gasteiger partial charge in [0.2, 0.25) is 0 Å². The Morgan fingerprint density at radius 2 is 0.430 bits per heavy atom. The van der Waals surface area contributed by atoms with Crippen LogP contribution < -0.4 is 0 Å². The third-order valence-corrected chi connectivity index (χ3v) is 16.4. The lowest BCUT2D eigenvalue weighted by atomic mass is 10.0. The smallest absolute Gasteiger partial charge is 0.306 e. The zero-order valence-electron chi connectivity index (χ0n) is 53.7. The van der Waals surface area contributed by atoms with E-state index in [-0.39, 0.29) is 31.1 Å². The quantitative estimate of drug-likeness (QED) is 0.0261. The molecule has 0 fully saturated rings. The summed E-state index contributed by atoms with van der Waals surface area (Å²) >= 11 is 0. The van der Waals surface area contributed by atoms with Crippen molar-refractivity contribution in [2.24, 2.45) is 0 Å². The highest BCUT2D eigenvalue weighted by atomic mass is 16.6. The maximum Gasteiger partial charge on any atom is 0.306 e. The normalized spacial score (nSPS) is 12.1. The first kappa shape index (κ1) is 76.9. The van der Waals surface area contributed by atoms with Crippen molar-refractivity contribution in [1.29, 1.82) is 0 Å². The molecule has 0 amide bonds. The van der Waals surface area contributed by atoms with Crippen molar-refractivity contribution >= 4 is 17.9 Å². The van der Waals surface area contributed by atoms with Gasteiger partial charge in [0.25, 0.3) is 0 Å². The Balaban J connectivity index is 3.99. The molecule has 0 aliphatic carbocycles. The SMILES string of the molecule is CCCC/C=C\CCCCCCCC(=O)OCC(COC(=O)CCCCCCCCCCCCCCCCCCCCCCCCCCCCCCCCCCCCC)OC(=O)CCCCCCC/C=C\CCCCCCCC. The van der Waals surface area contributed by atoms with Crippen molar-refractivity contribution < 1.29 is 28.6 Å². The molecule has 0 heterocycles. The van der Waals surface area contributed by atoms with E-state index in [0.29, 0.717) is 19.3 Å². The van der Waals surface area contributed by atoms with Crippen molar-refractivity contribution in [1.82, 2.24) is 0 Å². The van der Waals surface area contributed by atoms with Gasteiger partial charge in [0.15, 0.2) is 6.10 Å². The largest absolute Gasteiger partial charge is 0.462 e. The first-order valence-electron chi connectivity index (χ1n) is 35.8. The van der Waals surface area contributed by atoms with Crippen molar-refractivity contribution in [3.05, 3.63) is 24.3 Å². The Labute approximate surface area is 493 Å². The molecule has 0 saturated carbocycles. The molecule has 0 aliphatic rings. The summed E-state index contributed by atoms with van der Waals surface area (Å²) in [5.41, 5.74) is 0. The molecule has 0 aromatic carbocycles. The van der Waals surface area contributed by atoms with E-state index in [4.69, 9.17) is 14.2 Å². The molecule has 0 N–H and O–H groups in total. The van der Waals surface area contributed by atoms with E-state index in [0.717, 1.165) is 70.6 Å². The van der Waals surface area contributed by atoms with Crippen LogP contribution in [0.2, 0.25) is 0 Å². The highest BCUT2D eigenvalue weighted by Crippen LogP contribution is 2.19. The summed E-state index contributed by atoms with van der Waals surface area (Å²) in [6.45, 7) is 6.65. The monoisotopic (exact) mass is 1110 g/mol. The molecule has 0 rings (SSSR count). The Hall–Kier alpha value is -2.11. The minimum Gasteiger partial charge on any atom is -0.462 e. The molecule has 1 unspecified atom stereocenters. The summed E-state index contributed by atoms with van der Waals surface area (Å²) in [7, 11) is 0. The topological polar surface area (TPSA) is 78.9 Å². The third-order valence-electron chi connectivity index (χ3n) is 16.4. The van der Waals surface area contributed by atoms with Crippen molar-refractivity contribution in [3.8, 4) is 0 Å². The number of rotatable bonds is 67. The molecule has 0 aromatic heterocycles. The average Bonchev–Trinajstić information content (AvgIpc) is 3.45. The number of allylic oxidation sites excluding steroid dienone is 4. The van der Waals surface area contributed by atoms with Gasteiger partial charge in [-0.2, -0.15) is 0 Å². The van der Waals surface area contributed by atoms with Gasteiger partial charge in [0.05, 0.1) is 0 Å². The summed E-state index contributed by atoms with van der Waals surface area (Å²) in [6.07, 6.45) is 83.9. The van der Waals surface area contributed by atoms with Crippen molar-refractivity contribution in [3.63, 3.8) is 0 Å². The number of esters is 3. The lowest BCUT2D eigenvalue weighted by Gasteiger charge is -2.18. The van der Waals surface area contributed by atoms with E-state index >= 15 is 0 Å². The predicted molar refractivity (Wildman–Crippen MR) is 344 cm³/mol. The van der Waals surface area contributed by atoms with E-state index in [1.165, 1.54) is 295 Å². The molecule has 466 valence electrons. The van der Waals surface area contributed by atoms with Crippen LogP contribution >= 0.6 is 0 Å². The Bertz CT molecular complexity index is 1270. The molecule has 79 heavy (non-hydrogen) atoms. The van der Waals surface area contributed by atoms with E-state index in [1.54, 1.807) is 0 Å². The van der Waals surface area contributed by atoms with Gasteiger partial charge in [-0.25, -0.2) is 0 Å². The predicted octanol–water partition coefficient (Wildman–Crippen LogP) is 24.6. The molecular weight excluding hydrogens is 973 g/mol. The van der Waals surface area contributed by atoms with Crippen LogP contribution in [0.5, 0.6) is 0 Å². The minimum atomic E-state index is -0.776. The second-order valence-corrected chi connectivity index (χ2v) is 24.5. The van der Waals surface area contributed by atoms with Gasteiger partial charge in [-0.15, -0.1) is 0 Å². The highest BCUT2D eigenvalue weighted by molar-refractivity contribution is 5.71. The van der Waals surface area contributed by atoms with Crippen molar-refractivity contribution in [2.75, 3.05) is 13.2 Å². The summed E-state index contributed by atoms with van der Waals surface area (Å²) in [6, 6.07) is 0. The van der Waals surface area contributed by atoms with Gasteiger partial charge in [-0.1, -0.05) is 347 Å². The first-order valence-corrected chi connectivity index (χ1v) is 35.8. The summed E-state index contributed by atoms with van der Waals surface area (Å²) < 4.78 is 16.9. The zero-order valence-corrected chi connectivity index (χ0v) is 53.7. The molecule has 0 aliphatic heterocycles. The number of hydrogen-bond donors (Lipinski definition) is 0. The van der Waals surface area contributed by atoms with E-state index < -0.39 is 6.10 Å². The van der Waals surface area contributed by atoms with Gasteiger partial charge in [0, 0.05) is 19.3 Å². The van der Waals surface area contributed by atoms with Crippen LogP contribution in [0.4, 0.5) is 0 Å². The van der Waals surface area contributed by atoms with Gasteiger partial charge >= 0.3 is 17.9 Å². The molecule has 1 atom stereocenters.